The number of hydrogen-bond acceptors (Lipinski definition) is 1. The highest BCUT2D eigenvalue weighted by Crippen LogP contribution is 2.42. The number of aryl methyl sites for hydroxylation is 1. The molecule has 0 unspecified atom stereocenters. The molecule has 29 heavy (non-hydrogen) atoms. The standard InChI is InChI=1S/C28H29N/c1-2-3-4-5-6-7-10-19-17-24-22-14-9-12-20-11-8-13-21(27(20)22)23-15-16-26(29)25(18-19)28(23)24/h8-9,11-18H,2-7,10,29H2,1H3. The van der Waals surface area contributed by atoms with Crippen molar-refractivity contribution in [1.29, 1.82) is 0 Å². The zero-order valence-electron chi connectivity index (χ0n) is 17.3. The van der Waals surface area contributed by atoms with Gasteiger partial charge in [0.15, 0.2) is 0 Å². The molecule has 5 aromatic carbocycles. The number of nitrogen functional groups attached to an aromatic ring is 1. The summed E-state index contributed by atoms with van der Waals surface area (Å²) >= 11 is 0. The number of nitrogens with two attached hydrogens (primary N) is 1. The highest BCUT2D eigenvalue weighted by molar-refractivity contribution is 6.34. The molecule has 0 amide bonds. The van der Waals surface area contributed by atoms with Crippen molar-refractivity contribution < 1.29 is 0 Å². The van der Waals surface area contributed by atoms with Crippen LogP contribution >= 0.6 is 0 Å². The minimum atomic E-state index is 0.890. The smallest absolute Gasteiger partial charge is 0.0394 e. The molecule has 0 fully saturated rings. The van der Waals surface area contributed by atoms with Crippen LogP contribution in [-0.4, -0.2) is 0 Å². The summed E-state index contributed by atoms with van der Waals surface area (Å²) < 4.78 is 0. The minimum Gasteiger partial charge on any atom is -0.398 e. The van der Waals surface area contributed by atoms with Crippen molar-refractivity contribution in [2.45, 2.75) is 51.9 Å². The molecular weight excluding hydrogens is 350 g/mol. The van der Waals surface area contributed by atoms with Gasteiger partial charge < -0.3 is 5.73 Å². The highest BCUT2D eigenvalue weighted by atomic mass is 14.5. The van der Waals surface area contributed by atoms with Crippen molar-refractivity contribution in [3.05, 3.63) is 66.2 Å². The Morgan fingerprint density at radius 2 is 1.28 bits per heavy atom. The SMILES string of the molecule is CCCCCCCCc1cc2c(N)ccc3c4cccc5cccc(c(c1)c23)c54. The van der Waals surface area contributed by atoms with Crippen molar-refractivity contribution in [3.8, 4) is 0 Å². The fourth-order valence-corrected chi connectivity index (χ4v) is 5.05. The third-order valence-electron chi connectivity index (χ3n) is 6.51. The predicted molar refractivity (Wildman–Crippen MR) is 129 cm³/mol. The molecule has 5 rings (SSSR count). The van der Waals surface area contributed by atoms with Gasteiger partial charge in [0, 0.05) is 11.1 Å². The normalized spacial score (nSPS) is 12.0. The van der Waals surface area contributed by atoms with Crippen LogP contribution in [-0.2, 0) is 6.42 Å². The second kappa shape index (κ2) is 7.55. The van der Waals surface area contributed by atoms with E-state index in [1.165, 1.54) is 87.2 Å². The van der Waals surface area contributed by atoms with Crippen LogP contribution in [0.4, 0.5) is 5.69 Å². The van der Waals surface area contributed by atoms with Crippen molar-refractivity contribution in [1.82, 2.24) is 0 Å². The van der Waals surface area contributed by atoms with Crippen LogP contribution in [0, 0.1) is 0 Å². The second-order valence-electron chi connectivity index (χ2n) is 8.50. The molecule has 0 spiro atoms. The van der Waals surface area contributed by atoms with E-state index in [1.807, 2.05) is 0 Å². The van der Waals surface area contributed by atoms with Gasteiger partial charge in [0.1, 0.15) is 0 Å². The molecule has 0 saturated carbocycles. The third-order valence-corrected chi connectivity index (χ3v) is 6.51. The molecular formula is C28H29N. The van der Waals surface area contributed by atoms with E-state index in [1.54, 1.807) is 0 Å². The van der Waals surface area contributed by atoms with E-state index >= 15 is 0 Å². The van der Waals surface area contributed by atoms with Crippen LogP contribution in [0.5, 0.6) is 0 Å². The lowest BCUT2D eigenvalue weighted by Gasteiger charge is -2.17. The number of fused-ring (bicyclic) bond motifs is 2. The summed E-state index contributed by atoms with van der Waals surface area (Å²) in [6.45, 7) is 2.28. The molecule has 0 saturated heterocycles. The van der Waals surface area contributed by atoms with Gasteiger partial charge in [-0.3, -0.25) is 0 Å². The first-order chi connectivity index (χ1) is 14.3. The highest BCUT2D eigenvalue weighted by Gasteiger charge is 2.14. The van der Waals surface area contributed by atoms with Gasteiger partial charge in [-0.05, 0) is 68.2 Å². The first-order valence-electron chi connectivity index (χ1n) is 11.2. The van der Waals surface area contributed by atoms with Crippen LogP contribution in [0.1, 0.15) is 51.0 Å². The first-order valence-corrected chi connectivity index (χ1v) is 11.2. The van der Waals surface area contributed by atoms with Crippen LogP contribution in [0.2, 0.25) is 0 Å². The molecule has 0 aliphatic rings. The second-order valence-corrected chi connectivity index (χ2v) is 8.50. The summed E-state index contributed by atoms with van der Waals surface area (Å²) in [6, 6.07) is 22.4. The van der Waals surface area contributed by atoms with Crippen LogP contribution in [0.25, 0.3) is 43.1 Å². The van der Waals surface area contributed by atoms with E-state index in [0.717, 1.165) is 12.1 Å². The topological polar surface area (TPSA) is 26.0 Å². The maximum atomic E-state index is 6.47. The quantitative estimate of drug-likeness (QED) is 0.131. The number of unbranched alkanes of at least 4 members (excludes halogenated alkanes) is 5. The van der Waals surface area contributed by atoms with Crippen LogP contribution in [0.3, 0.4) is 0 Å². The largest absolute Gasteiger partial charge is 0.398 e. The van der Waals surface area contributed by atoms with Gasteiger partial charge in [-0.1, -0.05) is 87.6 Å². The maximum Gasteiger partial charge on any atom is 0.0394 e. The Balaban J connectivity index is 1.66. The monoisotopic (exact) mass is 379 g/mol. The summed E-state index contributed by atoms with van der Waals surface area (Å²) in [5.41, 5.74) is 8.78. The van der Waals surface area contributed by atoms with Gasteiger partial charge in [0.25, 0.3) is 0 Å². The molecule has 0 aromatic heterocycles. The molecule has 2 N–H and O–H groups in total. The van der Waals surface area contributed by atoms with Gasteiger partial charge in [-0.15, -0.1) is 0 Å². The summed E-state index contributed by atoms with van der Waals surface area (Å²) in [6.07, 6.45) is 9.11. The molecule has 1 heteroatoms. The molecule has 146 valence electrons. The van der Waals surface area contributed by atoms with E-state index < -0.39 is 0 Å². The Bertz CT molecular complexity index is 1290. The average molecular weight is 380 g/mol. The molecule has 0 radical (unpaired) electrons. The zero-order chi connectivity index (χ0) is 19.8. The van der Waals surface area contributed by atoms with Crippen molar-refractivity contribution in [3.63, 3.8) is 0 Å². The minimum absolute atomic E-state index is 0.890. The Morgan fingerprint density at radius 3 is 2.07 bits per heavy atom. The van der Waals surface area contributed by atoms with Gasteiger partial charge in [0.2, 0.25) is 0 Å². The Labute approximate surface area is 172 Å². The van der Waals surface area contributed by atoms with Crippen molar-refractivity contribution in [2.24, 2.45) is 0 Å². The van der Waals surface area contributed by atoms with Gasteiger partial charge in [-0.25, -0.2) is 0 Å². The molecule has 0 bridgehead atoms. The van der Waals surface area contributed by atoms with Crippen molar-refractivity contribution in [2.75, 3.05) is 5.73 Å². The van der Waals surface area contributed by atoms with E-state index in [2.05, 4.69) is 67.6 Å². The van der Waals surface area contributed by atoms with E-state index in [4.69, 9.17) is 5.73 Å². The fraction of sp³-hybridized carbons (Fsp3) is 0.286. The Kier molecular flexibility index (Phi) is 4.75. The number of rotatable bonds is 7. The number of hydrogen-bond donors (Lipinski definition) is 1. The molecule has 5 aromatic rings. The summed E-state index contributed by atoms with van der Waals surface area (Å²) in [7, 11) is 0. The Hall–Kier alpha value is -2.80. The zero-order valence-corrected chi connectivity index (χ0v) is 17.3. The number of benzene rings is 5. The molecule has 0 aliphatic carbocycles. The molecule has 0 atom stereocenters. The lowest BCUT2D eigenvalue weighted by Crippen LogP contribution is -1.94. The molecule has 0 heterocycles. The fourth-order valence-electron chi connectivity index (χ4n) is 5.05. The number of anilines is 1. The predicted octanol–water partition coefficient (Wildman–Crippen LogP) is 8.22. The van der Waals surface area contributed by atoms with Crippen LogP contribution in [0.15, 0.2) is 60.7 Å². The molecule has 0 aliphatic heterocycles. The van der Waals surface area contributed by atoms with E-state index in [-0.39, 0.29) is 0 Å². The lowest BCUT2D eigenvalue weighted by atomic mass is 9.87. The van der Waals surface area contributed by atoms with E-state index in [9.17, 15) is 0 Å². The summed E-state index contributed by atoms with van der Waals surface area (Å²) in [5, 5.41) is 10.6. The first kappa shape index (κ1) is 18.2. The van der Waals surface area contributed by atoms with Gasteiger partial charge >= 0.3 is 0 Å². The lowest BCUT2D eigenvalue weighted by molar-refractivity contribution is 0.608. The summed E-state index contributed by atoms with van der Waals surface area (Å²) in [4.78, 5) is 0. The average Bonchev–Trinajstić information content (AvgIpc) is 2.75. The molecule has 1 nitrogen and oxygen atoms in total. The van der Waals surface area contributed by atoms with Gasteiger partial charge in [0.05, 0.1) is 0 Å². The third kappa shape index (κ3) is 3.09. The Morgan fingerprint density at radius 1 is 0.621 bits per heavy atom. The van der Waals surface area contributed by atoms with E-state index in [0.29, 0.717) is 0 Å². The summed E-state index contributed by atoms with van der Waals surface area (Å²) in [5.74, 6) is 0. The maximum absolute atomic E-state index is 6.47. The van der Waals surface area contributed by atoms with Gasteiger partial charge in [-0.2, -0.15) is 0 Å². The van der Waals surface area contributed by atoms with Crippen LogP contribution < -0.4 is 5.73 Å². The van der Waals surface area contributed by atoms with Crippen molar-refractivity contribution >= 4 is 48.8 Å².